The number of aryl methyl sites for hydroxylation is 1. The van der Waals surface area contributed by atoms with E-state index in [1.54, 1.807) is 6.20 Å². The van der Waals surface area contributed by atoms with E-state index < -0.39 is 0 Å². The fourth-order valence-electron chi connectivity index (χ4n) is 2.14. The van der Waals surface area contributed by atoms with Crippen LogP contribution in [0.1, 0.15) is 17.8 Å². The van der Waals surface area contributed by atoms with Crippen molar-refractivity contribution in [3.05, 3.63) is 35.8 Å². The lowest BCUT2D eigenvalue weighted by atomic mass is 9.99. The van der Waals surface area contributed by atoms with Crippen LogP contribution in [0.2, 0.25) is 0 Å². The van der Waals surface area contributed by atoms with Crippen molar-refractivity contribution in [3.8, 4) is 11.3 Å². The van der Waals surface area contributed by atoms with E-state index in [1.165, 1.54) is 0 Å². The Morgan fingerprint density at radius 3 is 3.00 bits per heavy atom. The molecule has 0 atom stereocenters. The monoisotopic (exact) mass is 243 g/mol. The lowest BCUT2D eigenvalue weighted by Gasteiger charge is -2.17. The van der Waals surface area contributed by atoms with E-state index in [0.29, 0.717) is 12.2 Å². The molecule has 1 amide bonds. The summed E-state index contributed by atoms with van der Waals surface area (Å²) >= 11 is 0. The second-order valence-corrected chi connectivity index (χ2v) is 4.32. The first kappa shape index (κ1) is 11.0. The van der Waals surface area contributed by atoms with Crippen LogP contribution in [-0.2, 0) is 17.8 Å². The average molecular weight is 243 g/mol. The zero-order chi connectivity index (χ0) is 12.5. The van der Waals surface area contributed by atoms with Gasteiger partial charge < -0.3 is 15.4 Å². The minimum Gasteiger partial charge on any atom is -0.388 e. The lowest BCUT2D eigenvalue weighted by Crippen LogP contribution is -2.18. The number of hydrogen-bond donors (Lipinski definition) is 3. The number of aliphatic hydroxyl groups excluding tert-OH is 1. The highest BCUT2D eigenvalue weighted by atomic mass is 16.3. The van der Waals surface area contributed by atoms with Crippen molar-refractivity contribution in [1.29, 1.82) is 0 Å². The van der Waals surface area contributed by atoms with Crippen molar-refractivity contribution in [2.24, 2.45) is 0 Å². The molecule has 2 heterocycles. The molecule has 0 unspecified atom stereocenters. The van der Waals surface area contributed by atoms with Crippen LogP contribution in [-0.4, -0.2) is 21.0 Å². The van der Waals surface area contributed by atoms with Gasteiger partial charge in [0.2, 0.25) is 5.91 Å². The summed E-state index contributed by atoms with van der Waals surface area (Å²) < 4.78 is 0. The maximum Gasteiger partial charge on any atom is 0.224 e. The zero-order valence-corrected chi connectivity index (χ0v) is 9.73. The molecule has 1 aliphatic rings. The molecular formula is C13H13N3O2. The summed E-state index contributed by atoms with van der Waals surface area (Å²) in [6.07, 6.45) is 2.99. The number of hydrogen-bond acceptors (Lipinski definition) is 3. The zero-order valence-electron chi connectivity index (χ0n) is 9.73. The second kappa shape index (κ2) is 4.27. The van der Waals surface area contributed by atoms with Crippen molar-refractivity contribution < 1.29 is 9.90 Å². The molecule has 1 aromatic carbocycles. The molecule has 5 heteroatoms. The van der Waals surface area contributed by atoms with Gasteiger partial charge in [-0.3, -0.25) is 4.79 Å². The maximum absolute atomic E-state index is 11.3. The van der Waals surface area contributed by atoms with Crippen LogP contribution in [0.4, 0.5) is 5.69 Å². The summed E-state index contributed by atoms with van der Waals surface area (Å²) in [6.45, 7) is -0.0962. The van der Waals surface area contributed by atoms with Crippen LogP contribution < -0.4 is 5.32 Å². The molecule has 0 aliphatic carbocycles. The third-order valence-electron chi connectivity index (χ3n) is 3.09. The van der Waals surface area contributed by atoms with Crippen molar-refractivity contribution in [1.82, 2.24) is 9.97 Å². The summed E-state index contributed by atoms with van der Waals surface area (Å²) in [5.74, 6) is 0.621. The largest absolute Gasteiger partial charge is 0.388 e. The number of aliphatic hydroxyl groups is 1. The van der Waals surface area contributed by atoms with Gasteiger partial charge in [0.1, 0.15) is 12.4 Å². The topological polar surface area (TPSA) is 78.0 Å². The number of rotatable bonds is 2. The average Bonchev–Trinajstić information content (AvgIpc) is 2.87. The summed E-state index contributed by atoms with van der Waals surface area (Å²) in [7, 11) is 0. The lowest BCUT2D eigenvalue weighted by molar-refractivity contribution is -0.116. The number of amides is 1. The van der Waals surface area contributed by atoms with Crippen LogP contribution in [0.15, 0.2) is 24.4 Å². The first-order valence-corrected chi connectivity index (χ1v) is 5.84. The van der Waals surface area contributed by atoms with Crippen molar-refractivity contribution in [2.75, 3.05) is 5.32 Å². The molecule has 3 rings (SSSR count). The molecule has 1 aliphatic heterocycles. The fourth-order valence-corrected chi connectivity index (χ4v) is 2.14. The number of fused-ring (bicyclic) bond motifs is 1. The molecule has 0 spiro atoms. The molecule has 0 bridgehead atoms. The molecule has 0 fully saturated rings. The van der Waals surface area contributed by atoms with Gasteiger partial charge in [0.15, 0.2) is 0 Å². The second-order valence-electron chi connectivity index (χ2n) is 4.32. The number of carbonyl (C=O) groups excluding carboxylic acids is 1. The molecule has 1 aromatic heterocycles. The van der Waals surface area contributed by atoms with Gasteiger partial charge in [-0.15, -0.1) is 0 Å². The number of aromatic amines is 1. The third kappa shape index (κ3) is 1.89. The van der Waals surface area contributed by atoms with E-state index in [4.69, 9.17) is 5.11 Å². The Morgan fingerprint density at radius 1 is 1.33 bits per heavy atom. The number of carbonyl (C=O) groups is 1. The summed E-state index contributed by atoms with van der Waals surface area (Å²) in [5, 5.41) is 11.8. The van der Waals surface area contributed by atoms with E-state index in [2.05, 4.69) is 15.3 Å². The fraction of sp³-hybridized carbons (Fsp3) is 0.231. The Bertz CT molecular complexity index is 604. The number of nitrogens with zero attached hydrogens (tertiary/aromatic N) is 1. The first-order valence-electron chi connectivity index (χ1n) is 5.84. The van der Waals surface area contributed by atoms with Crippen LogP contribution >= 0.6 is 0 Å². The minimum atomic E-state index is -0.0962. The normalized spacial score (nSPS) is 14.2. The van der Waals surface area contributed by atoms with Gasteiger partial charge >= 0.3 is 0 Å². The number of aromatic nitrogens is 2. The minimum absolute atomic E-state index is 0.0688. The van der Waals surface area contributed by atoms with E-state index in [9.17, 15) is 4.79 Å². The van der Waals surface area contributed by atoms with Crippen LogP contribution in [0, 0.1) is 0 Å². The predicted octanol–water partition coefficient (Wildman–Crippen LogP) is 1.45. The van der Waals surface area contributed by atoms with Crippen LogP contribution in [0.25, 0.3) is 11.3 Å². The van der Waals surface area contributed by atoms with E-state index in [0.717, 1.165) is 28.9 Å². The SMILES string of the molecule is O=C1CCc2cc(-c3cnc(CO)[nH]3)ccc2N1. The van der Waals surface area contributed by atoms with Crippen LogP contribution in [0.3, 0.4) is 0 Å². The molecule has 0 saturated heterocycles. The number of benzene rings is 1. The Kier molecular flexibility index (Phi) is 2.60. The van der Waals surface area contributed by atoms with Crippen molar-refractivity contribution in [2.45, 2.75) is 19.4 Å². The van der Waals surface area contributed by atoms with E-state index in [1.807, 2.05) is 18.2 Å². The third-order valence-corrected chi connectivity index (χ3v) is 3.09. The summed E-state index contributed by atoms with van der Waals surface area (Å²) in [6, 6.07) is 5.88. The summed E-state index contributed by atoms with van der Waals surface area (Å²) in [5.41, 5.74) is 3.90. The molecule has 5 nitrogen and oxygen atoms in total. The smallest absolute Gasteiger partial charge is 0.224 e. The Balaban J connectivity index is 1.97. The molecule has 3 N–H and O–H groups in total. The van der Waals surface area contributed by atoms with Gasteiger partial charge in [-0.05, 0) is 29.7 Å². The van der Waals surface area contributed by atoms with E-state index >= 15 is 0 Å². The number of imidazole rings is 1. The highest BCUT2D eigenvalue weighted by molar-refractivity contribution is 5.94. The molecule has 18 heavy (non-hydrogen) atoms. The molecule has 92 valence electrons. The maximum atomic E-state index is 11.3. The number of H-pyrrole nitrogens is 1. The van der Waals surface area contributed by atoms with Crippen molar-refractivity contribution in [3.63, 3.8) is 0 Å². The Morgan fingerprint density at radius 2 is 2.22 bits per heavy atom. The van der Waals surface area contributed by atoms with Gasteiger partial charge in [-0.2, -0.15) is 0 Å². The molecular weight excluding hydrogens is 230 g/mol. The predicted molar refractivity (Wildman–Crippen MR) is 66.9 cm³/mol. The van der Waals surface area contributed by atoms with Gasteiger partial charge in [-0.1, -0.05) is 6.07 Å². The van der Waals surface area contributed by atoms with Gasteiger partial charge in [0, 0.05) is 12.1 Å². The standard InChI is InChI=1S/C13H13N3O2/c17-7-12-14-6-11(15-12)9-1-3-10-8(5-9)2-4-13(18)16-10/h1,3,5-6,17H,2,4,7H2,(H,14,15)(H,16,18). The highest BCUT2D eigenvalue weighted by Crippen LogP contribution is 2.27. The van der Waals surface area contributed by atoms with Crippen LogP contribution in [0.5, 0.6) is 0 Å². The molecule has 0 saturated carbocycles. The Labute approximate surface area is 104 Å². The highest BCUT2D eigenvalue weighted by Gasteiger charge is 2.15. The number of nitrogens with one attached hydrogen (secondary N) is 2. The molecule has 2 aromatic rings. The van der Waals surface area contributed by atoms with Gasteiger partial charge in [0.25, 0.3) is 0 Å². The van der Waals surface area contributed by atoms with Gasteiger partial charge in [-0.25, -0.2) is 4.98 Å². The quantitative estimate of drug-likeness (QED) is 0.747. The summed E-state index contributed by atoms with van der Waals surface area (Å²) in [4.78, 5) is 18.4. The van der Waals surface area contributed by atoms with E-state index in [-0.39, 0.29) is 12.5 Å². The van der Waals surface area contributed by atoms with Crippen molar-refractivity contribution >= 4 is 11.6 Å². The number of anilines is 1. The molecule has 0 radical (unpaired) electrons. The van der Waals surface area contributed by atoms with Gasteiger partial charge in [0.05, 0.1) is 11.9 Å². The first-order chi connectivity index (χ1) is 8.76. The Hall–Kier alpha value is -2.14.